The normalized spacial score (nSPS) is 30.5. The lowest BCUT2D eigenvalue weighted by Crippen LogP contribution is -2.28. The molecule has 0 amide bonds. The Bertz CT molecular complexity index is 318. The van der Waals surface area contributed by atoms with Crippen molar-refractivity contribution in [1.29, 1.82) is 0 Å². The Hall–Kier alpha value is -0.860. The van der Waals surface area contributed by atoms with Crippen molar-refractivity contribution in [3.63, 3.8) is 0 Å². The highest BCUT2D eigenvalue weighted by Gasteiger charge is 2.43. The molecule has 1 aliphatic rings. The van der Waals surface area contributed by atoms with Crippen molar-refractivity contribution < 1.29 is 9.47 Å². The predicted molar refractivity (Wildman–Crippen MR) is 54.9 cm³/mol. The van der Waals surface area contributed by atoms with E-state index in [-0.39, 0.29) is 5.60 Å². The van der Waals surface area contributed by atoms with Crippen LogP contribution >= 0.6 is 0 Å². The zero-order valence-corrected chi connectivity index (χ0v) is 8.91. The molecule has 14 heavy (non-hydrogen) atoms. The molecule has 76 valence electrons. The van der Waals surface area contributed by atoms with E-state index in [0.29, 0.717) is 6.61 Å². The second kappa shape index (κ2) is 3.07. The molecule has 1 aromatic carbocycles. The highest BCUT2D eigenvalue weighted by molar-refractivity contribution is 5.20. The first-order valence-corrected chi connectivity index (χ1v) is 4.92. The van der Waals surface area contributed by atoms with Crippen molar-refractivity contribution in [2.45, 2.75) is 32.2 Å². The molecule has 0 radical (unpaired) electrons. The zero-order chi connectivity index (χ0) is 10.2. The molecule has 0 saturated carbocycles. The molecule has 1 fully saturated rings. The van der Waals surface area contributed by atoms with E-state index in [4.69, 9.17) is 9.47 Å². The zero-order valence-electron chi connectivity index (χ0n) is 8.91. The van der Waals surface area contributed by atoms with Crippen LogP contribution in [0, 0.1) is 0 Å². The third-order valence-electron chi connectivity index (χ3n) is 2.46. The van der Waals surface area contributed by atoms with E-state index in [2.05, 4.69) is 0 Å². The molecule has 1 heterocycles. The first kappa shape index (κ1) is 9.69. The van der Waals surface area contributed by atoms with Crippen LogP contribution in [0.1, 0.15) is 26.3 Å². The molecule has 1 unspecified atom stereocenters. The minimum atomic E-state index is -0.579. The van der Waals surface area contributed by atoms with Gasteiger partial charge in [0.1, 0.15) is 0 Å². The summed E-state index contributed by atoms with van der Waals surface area (Å²) in [6, 6.07) is 10.0. The Morgan fingerprint density at radius 1 is 1.07 bits per heavy atom. The first-order chi connectivity index (χ1) is 6.52. The summed E-state index contributed by atoms with van der Waals surface area (Å²) >= 11 is 0. The lowest BCUT2D eigenvalue weighted by molar-refractivity contribution is -0.176. The molecule has 0 aromatic heterocycles. The van der Waals surface area contributed by atoms with Gasteiger partial charge in [-0.05, 0) is 20.8 Å². The van der Waals surface area contributed by atoms with Gasteiger partial charge < -0.3 is 9.47 Å². The highest BCUT2D eigenvalue weighted by atomic mass is 16.8. The van der Waals surface area contributed by atoms with Gasteiger partial charge in [0.25, 0.3) is 0 Å². The van der Waals surface area contributed by atoms with Gasteiger partial charge in [-0.1, -0.05) is 30.3 Å². The van der Waals surface area contributed by atoms with Gasteiger partial charge in [-0.25, -0.2) is 0 Å². The molecule has 1 aromatic rings. The van der Waals surface area contributed by atoms with Gasteiger partial charge in [-0.2, -0.15) is 0 Å². The number of hydrogen-bond donors (Lipinski definition) is 0. The number of rotatable bonds is 1. The van der Waals surface area contributed by atoms with Crippen LogP contribution < -0.4 is 0 Å². The topological polar surface area (TPSA) is 18.5 Å². The summed E-state index contributed by atoms with van der Waals surface area (Å²) in [4.78, 5) is 0. The van der Waals surface area contributed by atoms with Crippen LogP contribution in [0.5, 0.6) is 0 Å². The van der Waals surface area contributed by atoms with Gasteiger partial charge in [-0.15, -0.1) is 0 Å². The van der Waals surface area contributed by atoms with Crippen molar-refractivity contribution in [3.8, 4) is 0 Å². The first-order valence-electron chi connectivity index (χ1n) is 4.92. The summed E-state index contributed by atoms with van der Waals surface area (Å²) in [5.74, 6) is -0.579. The van der Waals surface area contributed by atoms with E-state index in [1.165, 1.54) is 0 Å². The third kappa shape index (κ3) is 1.68. The molecule has 0 aliphatic carbocycles. The fraction of sp³-hybridized carbons (Fsp3) is 0.500. The van der Waals surface area contributed by atoms with E-state index in [9.17, 15) is 0 Å². The standard InChI is InChI=1S/C12H16O2/c1-11(2)9-13-12(3,14-11)10-7-5-4-6-8-10/h4-8H,9H2,1-3H3. The van der Waals surface area contributed by atoms with Crippen LogP contribution in [0.2, 0.25) is 0 Å². The van der Waals surface area contributed by atoms with Gasteiger partial charge in [-0.3, -0.25) is 0 Å². The maximum Gasteiger partial charge on any atom is 0.192 e. The van der Waals surface area contributed by atoms with Crippen molar-refractivity contribution in [1.82, 2.24) is 0 Å². The summed E-state index contributed by atoms with van der Waals surface area (Å²) in [6.07, 6.45) is 0. The van der Waals surface area contributed by atoms with Crippen LogP contribution in [0.25, 0.3) is 0 Å². The molecule has 2 rings (SSSR count). The summed E-state index contributed by atoms with van der Waals surface area (Å²) < 4.78 is 11.6. The van der Waals surface area contributed by atoms with Gasteiger partial charge in [0.2, 0.25) is 0 Å². The van der Waals surface area contributed by atoms with Crippen LogP contribution in [0.3, 0.4) is 0 Å². The predicted octanol–water partition coefficient (Wildman–Crippen LogP) is 2.68. The minimum absolute atomic E-state index is 0.190. The molecular formula is C12H16O2. The monoisotopic (exact) mass is 192 g/mol. The Kier molecular flexibility index (Phi) is 2.13. The van der Waals surface area contributed by atoms with Crippen molar-refractivity contribution >= 4 is 0 Å². The maximum absolute atomic E-state index is 5.90. The molecular weight excluding hydrogens is 176 g/mol. The van der Waals surface area contributed by atoms with E-state index in [1.807, 2.05) is 51.1 Å². The van der Waals surface area contributed by atoms with Crippen molar-refractivity contribution in [3.05, 3.63) is 35.9 Å². The number of benzene rings is 1. The molecule has 1 atom stereocenters. The molecule has 0 N–H and O–H groups in total. The Morgan fingerprint density at radius 3 is 2.21 bits per heavy atom. The fourth-order valence-electron chi connectivity index (χ4n) is 1.78. The SMILES string of the molecule is CC1(C)COC(C)(c2ccccc2)O1. The summed E-state index contributed by atoms with van der Waals surface area (Å²) in [5, 5.41) is 0. The molecule has 1 aliphatic heterocycles. The average Bonchev–Trinajstić information content (AvgIpc) is 2.44. The van der Waals surface area contributed by atoms with Crippen LogP contribution in [0.4, 0.5) is 0 Å². The van der Waals surface area contributed by atoms with Crippen LogP contribution in [0.15, 0.2) is 30.3 Å². The molecule has 0 spiro atoms. The van der Waals surface area contributed by atoms with E-state index < -0.39 is 5.79 Å². The van der Waals surface area contributed by atoms with E-state index >= 15 is 0 Å². The molecule has 2 heteroatoms. The Labute approximate surface area is 84.8 Å². The van der Waals surface area contributed by atoms with Crippen LogP contribution in [-0.4, -0.2) is 12.2 Å². The van der Waals surface area contributed by atoms with Crippen molar-refractivity contribution in [2.75, 3.05) is 6.61 Å². The number of hydrogen-bond acceptors (Lipinski definition) is 2. The van der Waals surface area contributed by atoms with Crippen molar-refractivity contribution in [2.24, 2.45) is 0 Å². The number of ether oxygens (including phenoxy) is 2. The smallest absolute Gasteiger partial charge is 0.192 e. The summed E-state index contributed by atoms with van der Waals surface area (Å²) in [5.41, 5.74) is 0.885. The molecule has 2 nitrogen and oxygen atoms in total. The average molecular weight is 192 g/mol. The largest absolute Gasteiger partial charge is 0.343 e. The quantitative estimate of drug-likeness (QED) is 0.681. The van der Waals surface area contributed by atoms with E-state index in [0.717, 1.165) is 5.56 Å². The van der Waals surface area contributed by atoms with E-state index in [1.54, 1.807) is 0 Å². The lowest BCUT2D eigenvalue weighted by Gasteiger charge is -2.25. The molecule has 1 saturated heterocycles. The minimum Gasteiger partial charge on any atom is -0.343 e. The second-order valence-electron chi connectivity index (χ2n) is 4.46. The van der Waals surface area contributed by atoms with Gasteiger partial charge in [0, 0.05) is 5.56 Å². The van der Waals surface area contributed by atoms with Gasteiger partial charge in [0.05, 0.1) is 12.2 Å². The maximum atomic E-state index is 5.90. The Balaban J connectivity index is 2.27. The fourth-order valence-corrected chi connectivity index (χ4v) is 1.78. The Morgan fingerprint density at radius 2 is 1.71 bits per heavy atom. The molecule has 0 bridgehead atoms. The van der Waals surface area contributed by atoms with Crippen LogP contribution in [-0.2, 0) is 15.3 Å². The summed E-state index contributed by atoms with van der Waals surface area (Å²) in [6.45, 7) is 6.69. The van der Waals surface area contributed by atoms with Gasteiger partial charge in [0.15, 0.2) is 5.79 Å². The highest BCUT2D eigenvalue weighted by Crippen LogP contribution is 2.38. The second-order valence-corrected chi connectivity index (χ2v) is 4.46. The summed E-state index contributed by atoms with van der Waals surface area (Å²) in [7, 11) is 0. The third-order valence-corrected chi connectivity index (χ3v) is 2.46. The lowest BCUT2D eigenvalue weighted by atomic mass is 10.1. The van der Waals surface area contributed by atoms with Gasteiger partial charge >= 0.3 is 0 Å².